The summed E-state index contributed by atoms with van der Waals surface area (Å²) in [6.07, 6.45) is 2.47. The molecule has 0 saturated heterocycles. The summed E-state index contributed by atoms with van der Waals surface area (Å²) < 4.78 is 5.31. The predicted octanol–water partition coefficient (Wildman–Crippen LogP) is 4.17. The molecule has 1 aliphatic heterocycles. The van der Waals surface area contributed by atoms with E-state index in [1.165, 1.54) is 0 Å². The smallest absolute Gasteiger partial charge is 0.336 e. The van der Waals surface area contributed by atoms with Crippen LogP contribution in [0.25, 0.3) is 0 Å². The fourth-order valence-electron chi connectivity index (χ4n) is 4.55. The van der Waals surface area contributed by atoms with Crippen molar-refractivity contribution in [2.75, 3.05) is 6.61 Å². The molecule has 1 heterocycles. The van der Waals surface area contributed by atoms with Crippen molar-refractivity contribution >= 4 is 11.8 Å². The van der Waals surface area contributed by atoms with Crippen LogP contribution < -0.4 is 5.32 Å². The Morgan fingerprint density at radius 3 is 2.53 bits per heavy atom. The zero-order chi connectivity index (χ0) is 21.3. The standard InChI is InChI=1S/C25H25NO4/c1-3-30-25(29)22-15(2)26-20-13-18(16-8-5-4-6-9-16)14-21(28)24(20)23(22)17-10-7-11-19(27)12-17/h4-13,18,23-24,26-27H,3,14H2,1-2H3. The van der Waals surface area contributed by atoms with E-state index in [-0.39, 0.29) is 24.1 Å². The van der Waals surface area contributed by atoms with Crippen molar-refractivity contribution in [2.24, 2.45) is 5.92 Å². The molecule has 154 valence electrons. The van der Waals surface area contributed by atoms with Gasteiger partial charge < -0.3 is 15.2 Å². The number of ketones is 1. The van der Waals surface area contributed by atoms with Crippen molar-refractivity contribution in [3.05, 3.63) is 88.8 Å². The van der Waals surface area contributed by atoms with Gasteiger partial charge in [-0.1, -0.05) is 48.5 Å². The molecule has 0 spiro atoms. The monoisotopic (exact) mass is 403 g/mol. The Morgan fingerprint density at radius 2 is 1.83 bits per heavy atom. The molecule has 3 unspecified atom stereocenters. The molecule has 3 atom stereocenters. The van der Waals surface area contributed by atoms with Crippen LogP contribution in [0.2, 0.25) is 0 Å². The van der Waals surface area contributed by atoms with Crippen molar-refractivity contribution in [3.63, 3.8) is 0 Å². The average Bonchev–Trinajstić information content (AvgIpc) is 2.73. The Bertz CT molecular complexity index is 1040. The Kier molecular flexibility index (Phi) is 5.44. The van der Waals surface area contributed by atoms with Gasteiger partial charge in [0, 0.05) is 29.7 Å². The second-order valence-electron chi connectivity index (χ2n) is 7.74. The normalized spacial score (nSPS) is 23.3. The molecule has 0 fully saturated rings. The van der Waals surface area contributed by atoms with Crippen molar-refractivity contribution in [1.82, 2.24) is 5.32 Å². The number of carbonyl (C=O) groups excluding carboxylic acids is 2. The number of phenols is 1. The first kappa shape index (κ1) is 20.0. The number of rotatable bonds is 4. The van der Waals surface area contributed by atoms with Gasteiger partial charge in [0.1, 0.15) is 11.5 Å². The molecule has 0 amide bonds. The van der Waals surface area contributed by atoms with Crippen LogP contribution in [0, 0.1) is 5.92 Å². The van der Waals surface area contributed by atoms with Gasteiger partial charge in [-0.25, -0.2) is 4.79 Å². The van der Waals surface area contributed by atoms with Crippen molar-refractivity contribution in [2.45, 2.75) is 32.1 Å². The lowest BCUT2D eigenvalue weighted by molar-refractivity contribution is -0.139. The van der Waals surface area contributed by atoms with E-state index in [1.54, 1.807) is 25.1 Å². The summed E-state index contributed by atoms with van der Waals surface area (Å²) in [5.41, 5.74) is 3.73. The molecular formula is C25H25NO4. The highest BCUT2D eigenvalue weighted by molar-refractivity contribution is 5.96. The first-order valence-corrected chi connectivity index (χ1v) is 10.2. The van der Waals surface area contributed by atoms with Crippen molar-refractivity contribution in [3.8, 4) is 5.75 Å². The van der Waals surface area contributed by atoms with Gasteiger partial charge in [-0.05, 0) is 37.1 Å². The van der Waals surface area contributed by atoms with E-state index in [9.17, 15) is 14.7 Å². The first-order valence-electron chi connectivity index (χ1n) is 10.2. The van der Waals surface area contributed by atoms with E-state index in [0.717, 1.165) is 16.8 Å². The third-order valence-electron chi connectivity index (χ3n) is 5.82. The zero-order valence-corrected chi connectivity index (χ0v) is 17.1. The topological polar surface area (TPSA) is 75.6 Å². The SMILES string of the molecule is CCOC(=O)C1=C(C)NC2=CC(c3ccccc3)CC(=O)C2C1c1cccc(O)c1. The molecule has 30 heavy (non-hydrogen) atoms. The number of aromatic hydroxyl groups is 1. The number of carbonyl (C=O) groups is 2. The van der Waals surface area contributed by atoms with E-state index in [2.05, 4.69) is 11.4 Å². The molecule has 2 aromatic carbocycles. The largest absolute Gasteiger partial charge is 0.508 e. The van der Waals surface area contributed by atoms with Gasteiger partial charge in [0.05, 0.1) is 18.1 Å². The van der Waals surface area contributed by atoms with Crippen LogP contribution in [0.5, 0.6) is 5.75 Å². The van der Waals surface area contributed by atoms with E-state index in [4.69, 9.17) is 4.74 Å². The number of allylic oxidation sites excluding steroid dienone is 3. The molecule has 2 aliphatic rings. The molecule has 0 saturated carbocycles. The minimum atomic E-state index is -0.519. The minimum absolute atomic E-state index is 0.0146. The Labute approximate surface area is 176 Å². The molecule has 0 radical (unpaired) electrons. The van der Waals surface area contributed by atoms with E-state index >= 15 is 0 Å². The quantitative estimate of drug-likeness (QED) is 0.750. The molecule has 2 N–H and O–H groups in total. The lowest BCUT2D eigenvalue weighted by atomic mass is 9.68. The van der Waals surface area contributed by atoms with Crippen LogP contribution >= 0.6 is 0 Å². The summed E-state index contributed by atoms with van der Waals surface area (Å²) in [5, 5.41) is 13.4. The summed E-state index contributed by atoms with van der Waals surface area (Å²) in [5.74, 6) is -1.31. The molecule has 5 heteroatoms. The number of nitrogens with one attached hydrogen (secondary N) is 1. The van der Waals surface area contributed by atoms with Gasteiger partial charge in [-0.3, -0.25) is 4.79 Å². The molecule has 1 aliphatic carbocycles. The molecule has 0 aromatic heterocycles. The number of hydrogen-bond acceptors (Lipinski definition) is 5. The third kappa shape index (κ3) is 3.63. The maximum absolute atomic E-state index is 13.4. The lowest BCUT2D eigenvalue weighted by Gasteiger charge is -2.39. The molecule has 0 bridgehead atoms. The van der Waals surface area contributed by atoms with E-state index in [1.807, 2.05) is 43.3 Å². The van der Waals surface area contributed by atoms with Gasteiger partial charge >= 0.3 is 5.97 Å². The summed E-state index contributed by atoms with van der Waals surface area (Å²) in [4.78, 5) is 26.2. The predicted molar refractivity (Wildman–Crippen MR) is 114 cm³/mol. The fraction of sp³-hybridized carbons (Fsp3) is 0.280. The maximum Gasteiger partial charge on any atom is 0.336 e. The van der Waals surface area contributed by atoms with E-state index < -0.39 is 17.8 Å². The van der Waals surface area contributed by atoms with Gasteiger partial charge in [0.2, 0.25) is 0 Å². The van der Waals surface area contributed by atoms with Crippen LogP contribution in [-0.4, -0.2) is 23.5 Å². The summed E-state index contributed by atoms with van der Waals surface area (Å²) in [7, 11) is 0. The Morgan fingerprint density at radius 1 is 1.10 bits per heavy atom. The number of hydrogen-bond donors (Lipinski definition) is 2. The highest BCUT2D eigenvalue weighted by Crippen LogP contribution is 2.46. The highest BCUT2D eigenvalue weighted by atomic mass is 16.5. The summed E-state index contributed by atoms with van der Waals surface area (Å²) in [6, 6.07) is 16.7. The number of phenolic OH excluding ortho intramolecular Hbond substituents is 1. The minimum Gasteiger partial charge on any atom is -0.508 e. The van der Waals surface area contributed by atoms with Gasteiger partial charge in [0.25, 0.3) is 0 Å². The number of Topliss-reactive ketones (excluding diaryl/α,β-unsaturated/α-hetero) is 1. The Hall–Kier alpha value is -3.34. The van der Waals surface area contributed by atoms with Crippen molar-refractivity contribution < 1.29 is 19.4 Å². The van der Waals surface area contributed by atoms with Gasteiger partial charge in [0.15, 0.2) is 0 Å². The third-order valence-corrected chi connectivity index (χ3v) is 5.82. The second kappa shape index (κ2) is 8.19. The van der Waals surface area contributed by atoms with Crippen LogP contribution in [0.15, 0.2) is 77.6 Å². The maximum atomic E-state index is 13.4. The zero-order valence-electron chi connectivity index (χ0n) is 17.1. The highest BCUT2D eigenvalue weighted by Gasteiger charge is 2.45. The molecule has 4 rings (SSSR count). The van der Waals surface area contributed by atoms with Crippen LogP contribution in [0.3, 0.4) is 0 Å². The van der Waals surface area contributed by atoms with Crippen LogP contribution in [-0.2, 0) is 14.3 Å². The first-order chi connectivity index (χ1) is 14.5. The van der Waals surface area contributed by atoms with Crippen LogP contribution in [0.4, 0.5) is 0 Å². The number of benzene rings is 2. The number of fused-ring (bicyclic) bond motifs is 1. The Balaban J connectivity index is 1.84. The lowest BCUT2D eigenvalue weighted by Crippen LogP contribution is -2.41. The molecular weight excluding hydrogens is 378 g/mol. The van der Waals surface area contributed by atoms with Gasteiger partial charge in [-0.15, -0.1) is 0 Å². The summed E-state index contributed by atoms with van der Waals surface area (Å²) in [6.45, 7) is 3.84. The molecule has 5 nitrogen and oxygen atoms in total. The molecule has 2 aromatic rings. The second-order valence-corrected chi connectivity index (χ2v) is 7.74. The van der Waals surface area contributed by atoms with Gasteiger partial charge in [-0.2, -0.15) is 0 Å². The number of ether oxygens (including phenoxy) is 1. The number of esters is 1. The summed E-state index contributed by atoms with van der Waals surface area (Å²) >= 11 is 0. The van der Waals surface area contributed by atoms with Crippen LogP contribution in [0.1, 0.15) is 43.2 Å². The van der Waals surface area contributed by atoms with Crippen molar-refractivity contribution in [1.29, 1.82) is 0 Å². The fourth-order valence-corrected chi connectivity index (χ4v) is 4.55. The van der Waals surface area contributed by atoms with E-state index in [0.29, 0.717) is 17.7 Å². The average molecular weight is 403 g/mol.